The van der Waals surface area contributed by atoms with Crippen molar-refractivity contribution >= 4 is 27.5 Å². The minimum absolute atomic E-state index is 0.268. The fraction of sp³-hybridized carbons (Fsp3) is 0.174. The molecule has 2 aromatic carbocycles. The summed E-state index contributed by atoms with van der Waals surface area (Å²) in [5.41, 5.74) is 4.89. The van der Waals surface area contributed by atoms with E-state index in [-0.39, 0.29) is 6.17 Å². The van der Waals surface area contributed by atoms with Gasteiger partial charge in [-0.1, -0.05) is 36.4 Å². The number of para-hydroxylation sites is 1. The van der Waals surface area contributed by atoms with E-state index < -0.39 is 0 Å². The molecule has 0 spiro atoms. The van der Waals surface area contributed by atoms with E-state index in [9.17, 15) is 0 Å². The van der Waals surface area contributed by atoms with Crippen LogP contribution in [-0.4, -0.2) is 27.7 Å². The fourth-order valence-corrected chi connectivity index (χ4v) is 4.07. The van der Waals surface area contributed by atoms with E-state index in [0.29, 0.717) is 0 Å². The molecule has 1 aliphatic heterocycles. The Hall–Kier alpha value is -3.27. The zero-order valence-electron chi connectivity index (χ0n) is 15.8. The van der Waals surface area contributed by atoms with Gasteiger partial charge in [-0.15, -0.1) is 0 Å². The molecule has 0 fully saturated rings. The van der Waals surface area contributed by atoms with Crippen LogP contribution in [0.25, 0.3) is 27.6 Å². The maximum atomic E-state index is 4.67. The molecule has 1 aliphatic rings. The van der Waals surface area contributed by atoms with Crippen molar-refractivity contribution < 1.29 is 0 Å². The van der Waals surface area contributed by atoms with Gasteiger partial charge in [0.2, 0.25) is 0 Å². The van der Waals surface area contributed by atoms with E-state index in [0.717, 1.165) is 5.82 Å². The van der Waals surface area contributed by atoms with Crippen molar-refractivity contribution in [3.8, 4) is 5.82 Å². The van der Waals surface area contributed by atoms with Crippen LogP contribution in [0.5, 0.6) is 0 Å². The number of fused-ring (bicyclic) bond motifs is 3. The first kappa shape index (κ1) is 15.9. The average Bonchev–Trinajstić information content (AvgIpc) is 3.20. The fourth-order valence-electron chi connectivity index (χ4n) is 4.07. The number of rotatable bonds is 2. The number of hydrogen-bond acceptors (Lipinski definition) is 3. The maximum Gasteiger partial charge on any atom is 0.137 e. The highest BCUT2D eigenvalue weighted by molar-refractivity contribution is 6.13. The van der Waals surface area contributed by atoms with Gasteiger partial charge in [0.1, 0.15) is 12.0 Å². The van der Waals surface area contributed by atoms with Crippen molar-refractivity contribution in [1.82, 2.24) is 14.5 Å². The summed E-state index contributed by atoms with van der Waals surface area (Å²) in [6.45, 7) is 4.42. The highest BCUT2D eigenvalue weighted by atomic mass is 15.4. The van der Waals surface area contributed by atoms with E-state index in [1.165, 1.54) is 33.1 Å². The normalized spacial score (nSPS) is 16.8. The number of benzene rings is 2. The SMILES string of the molecule is Cc1ccc2c3ccccc3n(-c3ccccn3)c2c1N1C=CN(C)[C@@H]1C. The molecule has 3 heterocycles. The Kier molecular flexibility index (Phi) is 3.47. The molecule has 0 aliphatic carbocycles. The molecule has 4 heteroatoms. The first-order valence-electron chi connectivity index (χ1n) is 9.29. The van der Waals surface area contributed by atoms with Crippen molar-refractivity contribution in [1.29, 1.82) is 0 Å². The average molecular weight is 354 g/mol. The van der Waals surface area contributed by atoms with Crippen LogP contribution >= 0.6 is 0 Å². The van der Waals surface area contributed by atoms with Crippen LogP contribution in [-0.2, 0) is 0 Å². The second-order valence-electron chi connectivity index (χ2n) is 7.17. The number of aryl methyl sites for hydroxylation is 1. The van der Waals surface area contributed by atoms with Gasteiger partial charge < -0.3 is 9.80 Å². The molecule has 27 heavy (non-hydrogen) atoms. The molecule has 0 saturated heterocycles. The number of hydrogen-bond donors (Lipinski definition) is 0. The second kappa shape index (κ2) is 5.88. The zero-order valence-corrected chi connectivity index (χ0v) is 15.8. The number of pyridine rings is 1. The van der Waals surface area contributed by atoms with Gasteiger partial charge in [-0.25, -0.2) is 4.98 Å². The Morgan fingerprint density at radius 2 is 1.70 bits per heavy atom. The van der Waals surface area contributed by atoms with Crippen molar-refractivity contribution in [3.63, 3.8) is 0 Å². The second-order valence-corrected chi connectivity index (χ2v) is 7.17. The molecule has 4 nitrogen and oxygen atoms in total. The van der Waals surface area contributed by atoms with Crippen LogP contribution in [0.1, 0.15) is 12.5 Å². The molecule has 0 bridgehead atoms. The summed E-state index contributed by atoms with van der Waals surface area (Å²) in [7, 11) is 2.12. The molecule has 0 saturated carbocycles. The standard InChI is InChI=1S/C23H22N4/c1-16-11-12-19-18-8-4-5-9-20(18)27(21-10-6-7-13-24-21)23(19)22(16)26-15-14-25(3)17(26)2/h4-15,17H,1-3H3/t17-/m0/s1. The van der Waals surface area contributed by atoms with E-state index in [1.807, 2.05) is 18.3 Å². The van der Waals surface area contributed by atoms with E-state index >= 15 is 0 Å². The van der Waals surface area contributed by atoms with Crippen LogP contribution in [0, 0.1) is 6.92 Å². The topological polar surface area (TPSA) is 24.3 Å². The van der Waals surface area contributed by atoms with Gasteiger partial charge in [0.05, 0.1) is 16.7 Å². The lowest BCUT2D eigenvalue weighted by Gasteiger charge is -2.29. The van der Waals surface area contributed by atoms with Gasteiger partial charge in [-0.3, -0.25) is 4.57 Å². The van der Waals surface area contributed by atoms with Crippen LogP contribution in [0.15, 0.2) is 73.2 Å². The minimum atomic E-state index is 0.268. The molecule has 4 aromatic rings. The maximum absolute atomic E-state index is 4.67. The summed E-state index contributed by atoms with van der Waals surface area (Å²) in [4.78, 5) is 9.25. The van der Waals surface area contributed by atoms with E-state index in [4.69, 9.17) is 0 Å². The Balaban J connectivity index is 1.94. The highest BCUT2D eigenvalue weighted by Crippen LogP contribution is 2.40. The van der Waals surface area contributed by atoms with Gasteiger partial charge >= 0.3 is 0 Å². The van der Waals surface area contributed by atoms with Crippen molar-refractivity contribution in [3.05, 3.63) is 78.8 Å². The lowest BCUT2D eigenvalue weighted by molar-refractivity contribution is 0.383. The van der Waals surface area contributed by atoms with Gasteiger partial charge in [0.15, 0.2) is 0 Å². The molecule has 0 radical (unpaired) electrons. The number of anilines is 1. The highest BCUT2D eigenvalue weighted by Gasteiger charge is 2.26. The summed E-state index contributed by atoms with van der Waals surface area (Å²) in [5, 5.41) is 2.51. The monoisotopic (exact) mass is 354 g/mol. The molecule has 0 unspecified atom stereocenters. The van der Waals surface area contributed by atoms with E-state index in [2.05, 4.69) is 95.1 Å². The molecule has 0 amide bonds. The molecular weight excluding hydrogens is 332 g/mol. The third-order valence-corrected chi connectivity index (χ3v) is 5.60. The van der Waals surface area contributed by atoms with Gasteiger partial charge in [-0.05, 0) is 37.6 Å². The van der Waals surface area contributed by atoms with Crippen LogP contribution in [0.4, 0.5) is 5.69 Å². The zero-order chi connectivity index (χ0) is 18.5. The van der Waals surface area contributed by atoms with Crippen molar-refractivity contribution in [2.45, 2.75) is 20.0 Å². The van der Waals surface area contributed by atoms with Crippen molar-refractivity contribution in [2.24, 2.45) is 0 Å². The van der Waals surface area contributed by atoms with Crippen molar-refractivity contribution in [2.75, 3.05) is 11.9 Å². The summed E-state index contributed by atoms with van der Waals surface area (Å²) in [6.07, 6.45) is 6.44. The van der Waals surface area contributed by atoms with Crippen LogP contribution < -0.4 is 4.90 Å². The lowest BCUT2D eigenvalue weighted by Crippen LogP contribution is -2.34. The molecular formula is C23H22N4. The number of aromatic nitrogens is 2. The molecule has 0 N–H and O–H groups in total. The van der Waals surface area contributed by atoms with Gasteiger partial charge in [0, 0.05) is 36.4 Å². The molecule has 134 valence electrons. The quantitative estimate of drug-likeness (QED) is 0.503. The van der Waals surface area contributed by atoms with Crippen LogP contribution in [0.2, 0.25) is 0 Å². The Labute approximate surface area is 159 Å². The summed E-state index contributed by atoms with van der Waals surface area (Å²) in [5.74, 6) is 0.944. The van der Waals surface area contributed by atoms with Gasteiger partial charge in [0.25, 0.3) is 0 Å². The third-order valence-electron chi connectivity index (χ3n) is 5.60. The summed E-state index contributed by atoms with van der Waals surface area (Å²) in [6, 6.07) is 19.1. The largest absolute Gasteiger partial charge is 0.359 e. The first-order valence-corrected chi connectivity index (χ1v) is 9.29. The molecule has 5 rings (SSSR count). The van der Waals surface area contributed by atoms with E-state index in [1.54, 1.807) is 0 Å². The predicted octanol–water partition coefficient (Wildman–Crippen LogP) is 5.06. The van der Waals surface area contributed by atoms with Crippen LogP contribution in [0.3, 0.4) is 0 Å². The minimum Gasteiger partial charge on any atom is -0.359 e. The molecule has 2 aromatic heterocycles. The smallest absolute Gasteiger partial charge is 0.137 e. The lowest BCUT2D eigenvalue weighted by atomic mass is 10.1. The third kappa shape index (κ3) is 2.26. The Morgan fingerprint density at radius 1 is 0.889 bits per heavy atom. The van der Waals surface area contributed by atoms with Gasteiger partial charge in [-0.2, -0.15) is 0 Å². The Bertz CT molecular complexity index is 1170. The summed E-state index contributed by atoms with van der Waals surface area (Å²) < 4.78 is 2.30. The first-order chi connectivity index (χ1) is 13.2. The molecule has 1 atom stereocenters. The number of nitrogens with zero attached hydrogens (tertiary/aromatic N) is 4. The Morgan fingerprint density at radius 3 is 2.44 bits per heavy atom. The summed E-state index contributed by atoms with van der Waals surface area (Å²) >= 11 is 0. The predicted molar refractivity (Wildman–Crippen MR) is 112 cm³/mol.